The zero-order chi connectivity index (χ0) is 21.3. The topological polar surface area (TPSA) is 102 Å². The summed E-state index contributed by atoms with van der Waals surface area (Å²) in [6, 6.07) is 1.25. The van der Waals surface area contributed by atoms with Crippen molar-refractivity contribution in [1.29, 1.82) is 0 Å². The van der Waals surface area contributed by atoms with Crippen molar-refractivity contribution in [3.8, 4) is 0 Å². The molecule has 1 saturated heterocycles. The SMILES string of the molecule is COC(=O)C1Cc2cc(Cl)nnc2N([C@@H]2CCCN(C(=O)OC(C)(C)C)C2)C1=O. The van der Waals surface area contributed by atoms with Crippen molar-refractivity contribution in [3.63, 3.8) is 0 Å². The second kappa shape index (κ2) is 8.14. The molecule has 2 aliphatic rings. The third kappa shape index (κ3) is 4.60. The van der Waals surface area contributed by atoms with E-state index in [2.05, 4.69) is 10.2 Å². The van der Waals surface area contributed by atoms with Crippen LogP contribution in [0.4, 0.5) is 10.6 Å². The molecule has 2 atom stereocenters. The van der Waals surface area contributed by atoms with Gasteiger partial charge in [-0.2, -0.15) is 0 Å². The Morgan fingerprint density at radius 1 is 1.28 bits per heavy atom. The third-order valence-corrected chi connectivity index (χ3v) is 5.09. The molecule has 1 aromatic rings. The van der Waals surface area contributed by atoms with E-state index in [0.717, 1.165) is 0 Å². The first-order valence-corrected chi connectivity index (χ1v) is 9.89. The highest BCUT2D eigenvalue weighted by atomic mass is 35.5. The summed E-state index contributed by atoms with van der Waals surface area (Å²) in [5, 5.41) is 8.16. The van der Waals surface area contributed by atoms with E-state index >= 15 is 0 Å². The van der Waals surface area contributed by atoms with Crippen LogP contribution in [0.15, 0.2) is 6.07 Å². The molecule has 10 heteroatoms. The van der Waals surface area contributed by atoms with Gasteiger partial charge in [-0.3, -0.25) is 14.5 Å². The lowest BCUT2D eigenvalue weighted by Crippen LogP contribution is -2.56. The minimum absolute atomic E-state index is 0.148. The van der Waals surface area contributed by atoms with Crippen LogP contribution in [0, 0.1) is 5.92 Å². The van der Waals surface area contributed by atoms with E-state index in [1.54, 1.807) is 31.7 Å². The van der Waals surface area contributed by atoms with Gasteiger partial charge in [0.1, 0.15) is 11.5 Å². The van der Waals surface area contributed by atoms with Crippen molar-refractivity contribution in [3.05, 3.63) is 16.8 Å². The highest BCUT2D eigenvalue weighted by Gasteiger charge is 2.44. The maximum atomic E-state index is 13.2. The number of anilines is 1. The highest BCUT2D eigenvalue weighted by Crippen LogP contribution is 2.34. The number of esters is 1. The van der Waals surface area contributed by atoms with Crippen LogP contribution in [0.1, 0.15) is 39.2 Å². The van der Waals surface area contributed by atoms with E-state index in [1.165, 1.54) is 12.0 Å². The van der Waals surface area contributed by atoms with Crippen molar-refractivity contribution >= 4 is 35.4 Å². The van der Waals surface area contributed by atoms with Crippen LogP contribution in [0.5, 0.6) is 0 Å². The number of carbonyl (C=O) groups is 3. The number of aromatic nitrogens is 2. The number of methoxy groups -OCH3 is 1. The lowest BCUT2D eigenvalue weighted by Gasteiger charge is -2.42. The van der Waals surface area contributed by atoms with Crippen molar-refractivity contribution in [2.45, 2.75) is 51.7 Å². The van der Waals surface area contributed by atoms with E-state index in [-0.39, 0.29) is 24.2 Å². The van der Waals surface area contributed by atoms with E-state index in [1.807, 2.05) is 0 Å². The summed E-state index contributed by atoms with van der Waals surface area (Å²) in [6.07, 6.45) is 1.06. The molecule has 1 unspecified atom stereocenters. The Kier molecular flexibility index (Phi) is 5.97. The highest BCUT2D eigenvalue weighted by molar-refractivity contribution is 6.29. The van der Waals surface area contributed by atoms with Crippen LogP contribution in [-0.4, -0.2) is 64.9 Å². The van der Waals surface area contributed by atoms with Gasteiger partial charge in [0.15, 0.2) is 11.0 Å². The maximum Gasteiger partial charge on any atom is 0.410 e. The number of ether oxygens (including phenoxy) is 2. The standard InChI is InChI=1S/C19H25ClN4O5/c1-19(2,3)29-18(27)23-7-5-6-12(10-23)24-15-11(9-14(20)21-22-15)8-13(16(24)25)17(26)28-4/h9,12-13H,5-8,10H2,1-4H3/t12-,13?/m1/s1. The molecule has 0 spiro atoms. The summed E-state index contributed by atoms with van der Waals surface area (Å²) in [5.74, 6) is -1.63. The monoisotopic (exact) mass is 424 g/mol. The third-order valence-electron chi connectivity index (χ3n) is 4.91. The molecule has 0 aromatic carbocycles. The Bertz CT molecular complexity index is 825. The Balaban J connectivity index is 1.90. The van der Waals surface area contributed by atoms with Crippen molar-refractivity contribution in [2.75, 3.05) is 25.1 Å². The number of halogens is 1. The second-order valence-corrected chi connectivity index (χ2v) is 8.61. The van der Waals surface area contributed by atoms with Gasteiger partial charge in [-0.1, -0.05) is 11.6 Å². The summed E-state index contributed by atoms with van der Waals surface area (Å²) in [4.78, 5) is 40.9. The number of piperidine rings is 1. The summed E-state index contributed by atoms with van der Waals surface area (Å²) in [5.41, 5.74) is 0.0323. The molecule has 1 fully saturated rings. The van der Waals surface area contributed by atoms with E-state index in [0.29, 0.717) is 30.8 Å². The van der Waals surface area contributed by atoms with Gasteiger partial charge < -0.3 is 14.4 Å². The van der Waals surface area contributed by atoms with Crippen molar-refractivity contribution < 1.29 is 23.9 Å². The van der Waals surface area contributed by atoms with Crippen LogP contribution in [0.2, 0.25) is 5.15 Å². The number of carbonyl (C=O) groups excluding carboxylic acids is 3. The fourth-order valence-corrected chi connectivity index (χ4v) is 3.84. The van der Waals surface area contributed by atoms with Crippen LogP contribution < -0.4 is 4.90 Å². The molecule has 0 saturated carbocycles. The van der Waals surface area contributed by atoms with Gasteiger partial charge in [-0.25, -0.2) is 4.79 Å². The molecular weight excluding hydrogens is 400 g/mol. The first kappa shape index (κ1) is 21.3. The van der Waals surface area contributed by atoms with Crippen LogP contribution in [0.25, 0.3) is 0 Å². The van der Waals surface area contributed by atoms with Crippen molar-refractivity contribution in [1.82, 2.24) is 15.1 Å². The number of rotatable bonds is 2. The van der Waals surface area contributed by atoms with Gasteiger partial charge in [-0.05, 0) is 46.1 Å². The average molecular weight is 425 g/mol. The zero-order valence-corrected chi connectivity index (χ0v) is 17.7. The van der Waals surface area contributed by atoms with Crippen molar-refractivity contribution in [2.24, 2.45) is 5.92 Å². The predicted octanol–water partition coefficient (Wildman–Crippen LogP) is 2.21. The average Bonchev–Trinajstić information content (AvgIpc) is 2.66. The minimum atomic E-state index is -0.982. The normalized spacial score (nSPS) is 22.2. The fraction of sp³-hybridized carbons (Fsp3) is 0.632. The van der Waals surface area contributed by atoms with Gasteiger partial charge in [0, 0.05) is 18.7 Å². The Morgan fingerprint density at radius 2 is 2.00 bits per heavy atom. The molecule has 0 N–H and O–H groups in total. The zero-order valence-electron chi connectivity index (χ0n) is 17.0. The number of hydrogen-bond donors (Lipinski definition) is 0. The van der Waals surface area contributed by atoms with Gasteiger partial charge >= 0.3 is 12.1 Å². The second-order valence-electron chi connectivity index (χ2n) is 8.23. The molecule has 0 aliphatic carbocycles. The first-order chi connectivity index (χ1) is 13.6. The van der Waals surface area contributed by atoms with E-state index in [4.69, 9.17) is 21.1 Å². The number of fused-ring (bicyclic) bond motifs is 1. The predicted molar refractivity (Wildman–Crippen MR) is 105 cm³/mol. The molecule has 3 heterocycles. The number of amides is 2. The molecule has 29 heavy (non-hydrogen) atoms. The van der Waals surface area contributed by atoms with Crippen LogP contribution >= 0.6 is 11.6 Å². The molecule has 0 radical (unpaired) electrons. The molecule has 2 aliphatic heterocycles. The largest absolute Gasteiger partial charge is 0.468 e. The first-order valence-electron chi connectivity index (χ1n) is 9.51. The fourth-order valence-electron chi connectivity index (χ4n) is 3.67. The molecule has 0 bridgehead atoms. The summed E-state index contributed by atoms with van der Waals surface area (Å²) >= 11 is 5.97. The summed E-state index contributed by atoms with van der Waals surface area (Å²) < 4.78 is 10.3. The maximum absolute atomic E-state index is 13.2. The summed E-state index contributed by atoms with van der Waals surface area (Å²) in [6.45, 7) is 6.22. The molecule has 2 amide bonds. The smallest absolute Gasteiger partial charge is 0.410 e. The Labute approximate surface area is 174 Å². The summed E-state index contributed by atoms with van der Waals surface area (Å²) in [7, 11) is 1.25. The molecule has 3 rings (SSSR count). The van der Waals surface area contributed by atoms with Gasteiger partial charge in [0.25, 0.3) is 0 Å². The van der Waals surface area contributed by atoms with Crippen LogP contribution in [-0.2, 0) is 25.5 Å². The molecule has 9 nitrogen and oxygen atoms in total. The lowest BCUT2D eigenvalue weighted by molar-refractivity contribution is -0.149. The Morgan fingerprint density at radius 3 is 2.66 bits per heavy atom. The minimum Gasteiger partial charge on any atom is -0.468 e. The lowest BCUT2D eigenvalue weighted by atomic mass is 9.91. The molecule has 1 aromatic heterocycles. The van der Waals surface area contributed by atoms with Gasteiger partial charge in [0.05, 0.1) is 13.2 Å². The van der Waals surface area contributed by atoms with E-state index < -0.39 is 29.5 Å². The molecule has 158 valence electrons. The van der Waals surface area contributed by atoms with E-state index in [9.17, 15) is 14.4 Å². The van der Waals surface area contributed by atoms with Crippen LogP contribution in [0.3, 0.4) is 0 Å². The number of likely N-dealkylation sites (tertiary alicyclic amines) is 1. The number of nitrogens with zero attached hydrogens (tertiary/aromatic N) is 4. The quantitative estimate of drug-likeness (QED) is 0.529. The number of hydrogen-bond acceptors (Lipinski definition) is 7. The Hall–Kier alpha value is -2.42. The molecular formula is C19H25ClN4O5. The van der Waals surface area contributed by atoms with Gasteiger partial charge in [0.2, 0.25) is 5.91 Å². The van der Waals surface area contributed by atoms with Gasteiger partial charge in [-0.15, -0.1) is 10.2 Å².